The largest absolute Gasteiger partial charge is 0.480 e. The number of urea groups is 1. The van der Waals surface area contributed by atoms with E-state index in [0.29, 0.717) is 0 Å². The van der Waals surface area contributed by atoms with Crippen molar-refractivity contribution in [3.63, 3.8) is 0 Å². The van der Waals surface area contributed by atoms with E-state index in [-0.39, 0.29) is 12.5 Å². The Bertz CT molecular complexity index is 625. The predicted octanol–water partition coefficient (Wildman–Crippen LogP) is 2.75. The lowest BCUT2D eigenvalue weighted by atomic mass is 10.1. The number of nitrogens with one attached hydrogen (secondary N) is 2. The molecule has 0 aliphatic rings. The molecule has 1 atom stereocenters. The van der Waals surface area contributed by atoms with Gasteiger partial charge in [0.1, 0.15) is 11.6 Å². The SMILES string of the molecule is CC(C)[C@H](NC(=O)N(Cc1ccccc1)NC(=O)OC(C)(C)C)C(=O)O. The molecule has 0 spiro atoms. The molecule has 144 valence electrons. The molecule has 0 radical (unpaired) electrons. The molecular formula is C18H27N3O5. The topological polar surface area (TPSA) is 108 Å². The summed E-state index contributed by atoms with van der Waals surface area (Å²) in [6.45, 7) is 8.52. The second kappa shape index (κ2) is 9.07. The zero-order valence-corrected chi connectivity index (χ0v) is 15.8. The third-order valence-corrected chi connectivity index (χ3v) is 3.27. The van der Waals surface area contributed by atoms with Crippen LogP contribution in [0.5, 0.6) is 0 Å². The Morgan fingerprint density at radius 3 is 2.19 bits per heavy atom. The first-order chi connectivity index (χ1) is 12.0. The third-order valence-electron chi connectivity index (χ3n) is 3.27. The normalized spacial score (nSPS) is 12.2. The Labute approximate surface area is 153 Å². The quantitative estimate of drug-likeness (QED) is 0.695. The van der Waals surface area contributed by atoms with Gasteiger partial charge in [-0.2, -0.15) is 0 Å². The van der Waals surface area contributed by atoms with E-state index in [0.717, 1.165) is 10.6 Å². The second-order valence-corrected chi connectivity index (χ2v) is 7.19. The Morgan fingerprint density at radius 1 is 1.15 bits per heavy atom. The van der Waals surface area contributed by atoms with Gasteiger partial charge in [0.2, 0.25) is 0 Å². The number of aliphatic carboxylic acids is 1. The first kappa shape index (κ1) is 21.3. The van der Waals surface area contributed by atoms with Crippen LogP contribution in [0.2, 0.25) is 0 Å². The molecule has 1 aromatic rings. The molecular weight excluding hydrogens is 338 g/mol. The van der Waals surface area contributed by atoms with Crippen LogP contribution in [0.25, 0.3) is 0 Å². The summed E-state index contributed by atoms with van der Waals surface area (Å²) in [6, 6.07) is 7.18. The number of nitrogens with zero attached hydrogens (tertiary/aromatic N) is 1. The minimum Gasteiger partial charge on any atom is -0.480 e. The fourth-order valence-corrected chi connectivity index (χ4v) is 2.06. The number of amides is 3. The minimum absolute atomic E-state index is 0.0519. The standard InChI is InChI=1S/C18H27N3O5/c1-12(2)14(15(22)23)19-16(24)21(11-13-9-7-6-8-10-13)20-17(25)26-18(3,4)5/h6-10,12,14H,11H2,1-5H3,(H,19,24)(H,20,25)(H,22,23)/t14-/m0/s1. The number of ether oxygens (including phenoxy) is 1. The Morgan fingerprint density at radius 2 is 1.73 bits per heavy atom. The molecule has 26 heavy (non-hydrogen) atoms. The first-order valence-corrected chi connectivity index (χ1v) is 8.34. The van der Waals surface area contributed by atoms with Crippen LogP contribution in [0.1, 0.15) is 40.2 Å². The molecule has 3 N–H and O–H groups in total. The highest BCUT2D eigenvalue weighted by molar-refractivity contribution is 5.84. The molecule has 8 nitrogen and oxygen atoms in total. The summed E-state index contributed by atoms with van der Waals surface area (Å²) in [5, 5.41) is 12.7. The molecule has 8 heteroatoms. The van der Waals surface area contributed by atoms with E-state index in [9.17, 15) is 19.5 Å². The zero-order valence-electron chi connectivity index (χ0n) is 15.8. The van der Waals surface area contributed by atoms with E-state index in [1.807, 2.05) is 6.07 Å². The molecule has 0 saturated carbocycles. The van der Waals surface area contributed by atoms with Crippen LogP contribution < -0.4 is 10.7 Å². The highest BCUT2D eigenvalue weighted by Gasteiger charge is 2.28. The van der Waals surface area contributed by atoms with Crippen LogP contribution in [0.3, 0.4) is 0 Å². The lowest BCUT2D eigenvalue weighted by molar-refractivity contribution is -0.140. The summed E-state index contributed by atoms with van der Waals surface area (Å²) in [4.78, 5) is 35.9. The van der Waals surface area contributed by atoms with Gasteiger partial charge in [-0.25, -0.2) is 24.8 Å². The van der Waals surface area contributed by atoms with E-state index < -0.39 is 29.7 Å². The Kier molecular flexibility index (Phi) is 7.42. The van der Waals surface area contributed by atoms with Crippen molar-refractivity contribution >= 4 is 18.1 Å². The molecule has 0 aromatic heterocycles. The minimum atomic E-state index is -1.15. The van der Waals surface area contributed by atoms with Crippen LogP contribution in [-0.2, 0) is 16.1 Å². The molecule has 1 aromatic carbocycles. The fourth-order valence-electron chi connectivity index (χ4n) is 2.06. The van der Waals surface area contributed by atoms with Crippen molar-refractivity contribution < 1.29 is 24.2 Å². The van der Waals surface area contributed by atoms with E-state index in [2.05, 4.69) is 10.7 Å². The van der Waals surface area contributed by atoms with Gasteiger partial charge in [-0.05, 0) is 32.3 Å². The van der Waals surface area contributed by atoms with E-state index in [1.54, 1.807) is 58.9 Å². The maximum Gasteiger partial charge on any atom is 0.426 e. The third kappa shape index (κ3) is 7.42. The van der Waals surface area contributed by atoms with E-state index >= 15 is 0 Å². The highest BCUT2D eigenvalue weighted by Crippen LogP contribution is 2.09. The number of carboxylic acids is 1. The lowest BCUT2D eigenvalue weighted by Gasteiger charge is -2.28. The van der Waals surface area contributed by atoms with E-state index in [1.165, 1.54) is 0 Å². The van der Waals surface area contributed by atoms with Gasteiger partial charge in [-0.1, -0.05) is 44.2 Å². The van der Waals surface area contributed by atoms with Gasteiger partial charge < -0.3 is 15.2 Å². The Balaban J connectivity index is 2.93. The highest BCUT2D eigenvalue weighted by atomic mass is 16.6. The van der Waals surface area contributed by atoms with Gasteiger partial charge >= 0.3 is 18.1 Å². The summed E-state index contributed by atoms with van der Waals surface area (Å²) >= 11 is 0. The van der Waals surface area contributed by atoms with Gasteiger partial charge in [0, 0.05) is 0 Å². The predicted molar refractivity (Wildman–Crippen MR) is 96.1 cm³/mol. The number of hydrazine groups is 1. The lowest BCUT2D eigenvalue weighted by Crippen LogP contribution is -2.55. The molecule has 0 aliphatic heterocycles. The number of carboxylic acid groups (broad SMARTS) is 1. The van der Waals surface area contributed by atoms with Crippen molar-refractivity contribution in [1.29, 1.82) is 0 Å². The van der Waals surface area contributed by atoms with Crippen molar-refractivity contribution in [1.82, 2.24) is 15.8 Å². The van der Waals surface area contributed by atoms with Crippen LogP contribution in [0.4, 0.5) is 9.59 Å². The molecule has 0 unspecified atom stereocenters. The summed E-state index contributed by atoms with van der Waals surface area (Å²) in [5.41, 5.74) is 2.40. The fraction of sp³-hybridized carbons (Fsp3) is 0.500. The van der Waals surface area contributed by atoms with E-state index in [4.69, 9.17) is 4.74 Å². The van der Waals surface area contributed by atoms with Crippen LogP contribution in [0.15, 0.2) is 30.3 Å². The van der Waals surface area contributed by atoms with Crippen LogP contribution >= 0.6 is 0 Å². The van der Waals surface area contributed by atoms with Gasteiger partial charge in [0.25, 0.3) is 0 Å². The number of rotatable bonds is 5. The van der Waals surface area contributed by atoms with Crippen molar-refractivity contribution in [2.75, 3.05) is 0 Å². The summed E-state index contributed by atoms with van der Waals surface area (Å²) in [5.74, 6) is -1.47. The summed E-state index contributed by atoms with van der Waals surface area (Å²) in [7, 11) is 0. The molecule has 0 bridgehead atoms. The molecule has 0 saturated heterocycles. The summed E-state index contributed by atoms with van der Waals surface area (Å²) < 4.78 is 5.17. The number of benzene rings is 1. The molecule has 1 rings (SSSR count). The zero-order chi connectivity index (χ0) is 19.9. The maximum atomic E-state index is 12.5. The van der Waals surface area contributed by atoms with Crippen LogP contribution in [-0.4, -0.2) is 39.9 Å². The number of hydrogen-bond acceptors (Lipinski definition) is 4. The second-order valence-electron chi connectivity index (χ2n) is 7.19. The number of hydrogen-bond donors (Lipinski definition) is 3. The van der Waals surface area contributed by atoms with Gasteiger partial charge in [0.05, 0.1) is 6.54 Å². The van der Waals surface area contributed by atoms with Crippen molar-refractivity contribution in [3.8, 4) is 0 Å². The average molecular weight is 365 g/mol. The monoisotopic (exact) mass is 365 g/mol. The van der Waals surface area contributed by atoms with Crippen molar-refractivity contribution in [3.05, 3.63) is 35.9 Å². The van der Waals surface area contributed by atoms with Crippen molar-refractivity contribution in [2.45, 2.75) is 52.8 Å². The molecule has 0 aliphatic carbocycles. The molecule has 0 fully saturated rings. The first-order valence-electron chi connectivity index (χ1n) is 8.34. The summed E-state index contributed by atoms with van der Waals surface area (Å²) in [6.07, 6.45) is -0.806. The van der Waals surface area contributed by atoms with Crippen LogP contribution in [0, 0.1) is 5.92 Å². The Hall–Kier alpha value is -2.77. The average Bonchev–Trinajstić information content (AvgIpc) is 2.50. The molecule has 0 heterocycles. The van der Waals surface area contributed by atoms with Gasteiger partial charge in [-0.15, -0.1) is 0 Å². The van der Waals surface area contributed by atoms with Gasteiger partial charge in [-0.3, -0.25) is 0 Å². The number of carbonyl (C=O) groups excluding carboxylic acids is 2. The molecule has 3 amide bonds. The maximum absolute atomic E-state index is 12.5. The van der Waals surface area contributed by atoms with Gasteiger partial charge in [0.15, 0.2) is 0 Å². The smallest absolute Gasteiger partial charge is 0.426 e. The number of carbonyl (C=O) groups is 3. The van der Waals surface area contributed by atoms with Crippen molar-refractivity contribution in [2.24, 2.45) is 5.92 Å².